The summed E-state index contributed by atoms with van der Waals surface area (Å²) >= 11 is 6.37. The molecule has 30 heavy (non-hydrogen) atoms. The number of methoxy groups -OCH3 is 1. The second-order valence-electron chi connectivity index (χ2n) is 7.11. The van der Waals surface area contributed by atoms with Crippen molar-refractivity contribution in [3.05, 3.63) is 58.1 Å². The van der Waals surface area contributed by atoms with Crippen molar-refractivity contribution < 1.29 is 19.4 Å². The number of nitrogens with two attached hydrogens (primary N) is 1. The Hall–Kier alpha value is -2.61. The lowest BCUT2D eigenvalue weighted by Gasteiger charge is -2.26. The first-order chi connectivity index (χ1) is 14.3. The zero-order valence-electron chi connectivity index (χ0n) is 17.3. The first-order valence-electron chi connectivity index (χ1n) is 9.83. The molecule has 160 valence electrons. The van der Waals surface area contributed by atoms with Gasteiger partial charge in [-0.25, -0.2) is 0 Å². The van der Waals surface area contributed by atoms with Crippen molar-refractivity contribution in [2.75, 3.05) is 38.2 Å². The van der Waals surface area contributed by atoms with Crippen LogP contribution >= 0.6 is 11.6 Å². The Morgan fingerprint density at radius 3 is 2.50 bits per heavy atom. The van der Waals surface area contributed by atoms with Crippen LogP contribution in [0.4, 0.5) is 5.69 Å². The molecule has 0 bridgehead atoms. The molecule has 1 aliphatic rings. The first-order valence-corrected chi connectivity index (χ1v) is 10.2. The molecule has 8 heteroatoms. The molecule has 0 aromatic heterocycles. The van der Waals surface area contributed by atoms with Crippen molar-refractivity contribution in [1.82, 2.24) is 4.90 Å². The fourth-order valence-electron chi connectivity index (χ4n) is 3.90. The predicted molar refractivity (Wildman–Crippen MR) is 116 cm³/mol. The molecule has 0 radical (unpaired) electrons. The minimum atomic E-state index is -2.04. The van der Waals surface area contributed by atoms with Crippen molar-refractivity contribution in [3.63, 3.8) is 0 Å². The summed E-state index contributed by atoms with van der Waals surface area (Å²) in [4.78, 5) is 29.1. The Kier molecular flexibility index (Phi) is 6.36. The van der Waals surface area contributed by atoms with Crippen LogP contribution in [0.15, 0.2) is 36.4 Å². The number of primary amides is 1. The molecular formula is C22H26ClN3O4. The van der Waals surface area contributed by atoms with Crippen LogP contribution in [-0.4, -0.2) is 55.1 Å². The lowest BCUT2D eigenvalue weighted by Crippen LogP contribution is -2.44. The van der Waals surface area contributed by atoms with E-state index in [2.05, 4.69) is 4.90 Å². The summed E-state index contributed by atoms with van der Waals surface area (Å²) < 4.78 is 5.47. The molecule has 7 nitrogen and oxygen atoms in total. The Bertz CT molecular complexity index is 977. The number of carbonyl (C=O) groups excluding carboxylic acids is 2. The van der Waals surface area contributed by atoms with Gasteiger partial charge in [0, 0.05) is 29.2 Å². The van der Waals surface area contributed by atoms with E-state index in [1.165, 1.54) is 24.1 Å². The number of aliphatic hydroxyl groups is 1. The molecule has 1 unspecified atom stereocenters. The average Bonchev–Trinajstić information content (AvgIpc) is 2.96. The second-order valence-corrected chi connectivity index (χ2v) is 7.52. The number of fused-ring (bicyclic) bond motifs is 1. The summed E-state index contributed by atoms with van der Waals surface area (Å²) in [5.41, 5.74) is 4.54. The molecule has 2 amide bonds. The van der Waals surface area contributed by atoms with Crippen LogP contribution in [0.2, 0.25) is 5.02 Å². The normalized spacial score (nSPS) is 18.1. The molecule has 0 saturated heterocycles. The van der Waals surface area contributed by atoms with Gasteiger partial charge in [-0.05, 0) is 31.3 Å². The van der Waals surface area contributed by atoms with Crippen molar-refractivity contribution in [3.8, 4) is 5.75 Å². The minimum Gasteiger partial charge on any atom is -0.496 e. The number of ether oxygens (including phenoxy) is 1. The van der Waals surface area contributed by atoms with E-state index in [0.29, 0.717) is 18.8 Å². The Balaban J connectivity index is 2.23. The van der Waals surface area contributed by atoms with Crippen molar-refractivity contribution in [2.24, 2.45) is 5.73 Å². The van der Waals surface area contributed by atoms with Gasteiger partial charge < -0.3 is 25.4 Å². The third kappa shape index (κ3) is 3.53. The van der Waals surface area contributed by atoms with E-state index in [0.717, 1.165) is 13.1 Å². The smallest absolute Gasteiger partial charge is 0.268 e. The molecule has 0 saturated carbocycles. The number of benzene rings is 2. The maximum Gasteiger partial charge on any atom is 0.268 e. The molecule has 3 N–H and O–H groups in total. The van der Waals surface area contributed by atoms with E-state index in [4.69, 9.17) is 22.1 Å². The Labute approximate surface area is 181 Å². The van der Waals surface area contributed by atoms with Crippen molar-refractivity contribution in [2.45, 2.75) is 19.4 Å². The fraction of sp³-hybridized carbons (Fsp3) is 0.364. The second kappa shape index (κ2) is 8.63. The SMILES string of the molecule is CCN(CC)CCN1C(=O)C(O)(c2ccccc2Cl)c2c(OC)cc(C(N)=O)cc21. The summed E-state index contributed by atoms with van der Waals surface area (Å²) in [6.07, 6.45) is 0. The van der Waals surface area contributed by atoms with Gasteiger partial charge in [-0.2, -0.15) is 0 Å². The van der Waals surface area contributed by atoms with Crippen LogP contribution in [0.5, 0.6) is 5.75 Å². The number of hydrogen-bond donors (Lipinski definition) is 2. The maximum atomic E-state index is 13.6. The van der Waals surface area contributed by atoms with E-state index in [-0.39, 0.29) is 27.5 Å². The standard InChI is InChI=1S/C22H26ClN3O4/c1-4-25(5-2)10-11-26-17-12-14(20(24)27)13-18(30-3)19(17)22(29,21(26)28)15-8-6-7-9-16(15)23/h6-9,12-13,29H,4-5,10-11H2,1-3H3,(H2,24,27). The van der Waals surface area contributed by atoms with Gasteiger partial charge >= 0.3 is 0 Å². The van der Waals surface area contributed by atoms with E-state index in [1.54, 1.807) is 24.3 Å². The number of rotatable bonds is 8. The largest absolute Gasteiger partial charge is 0.496 e. The summed E-state index contributed by atoms with van der Waals surface area (Å²) in [5.74, 6) is -1.000. The summed E-state index contributed by atoms with van der Waals surface area (Å²) in [6.45, 7) is 6.65. The van der Waals surface area contributed by atoms with Crippen LogP contribution in [0.1, 0.15) is 35.3 Å². The molecule has 2 aromatic carbocycles. The molecule has 3 rings (SSSR count). The first kappa shape index (κ1) is 22.1. The molecular weight excluding hydrogens is 406 g/mol. The quantitative estimate of drug-likeness (QED) is 0.669. The zero-order valence-corrected chi connectivity index (χ0v) is 18.1. The maximum absolute atomic E-state index is 13.6. The lowest BCUT2D eigenvalue weighted by molar-refractivity contribution is -0.132. The highest BCUT2D eigenvalue weighted by Gasteiger charge is 2.54. The van der Waals surface area contributed by atoms with E-state index >= 15 is 0 Å². The number of amides is 2. The fourth-order valence-corrected chi connectivity index (χ4v) is 4.17. The highest BCUT2D eigenvalue weighted by atomic mass is 35.5. The third-order valence-electron chi connectivity index (χ3n) is 5.59. The lowest BCUT2D eigenvalue weighted by atomic mass is 9.86. The highest BCUT2D eigenvalue weighted by Crippen LogP contribution is 2.50. The molecule has 0 aliphatic carbocycles. The van der Waals surface area contributed by atoms with E-state index in [9.17, 15) is 14.7 Å². The number of hydrogen-bond acceptors (Lipinski definition) is 5. The van der Waals surface area contributed by atoms with Crippen LogP contribution in [0, 0.1) is 0 Å². The average molecular weight is 432 g/mol. The van der Waals surface area contributed by atoms with E-state index < -0.39 is 17.4 Å². The molecule has 1 atom stereocenters. The molecule has 0 fully saturated rings. The van der Waals surface area contributed by atoms with E-state index in [1.807, 2.05) is 13.8 Å². The topological polar surface area (TPSA) is 96.1 Å². The van der Waals surface area contributed by atoms with Gasteiger partial charge in [0.15, 0.2) is 0 Å². The van der Waals surface area contributed by atoms with Gasteiger partial charge in [0.2, 0.25) is 11.5 Å². The summed E-state index contributed by atoms with van der Waals surface area (Å²) in [5, 5.41) is 12.0. The Morgan fingerprint density at radius 1 is 1.27 bits per heavy atom. The number of carbonyl (C=O) groups is 2. The summed E-state index contributed by atoms with van der Waals surface area (Å²) in [6, 6.07) is 9.61. The van der Waals surface area contributed by atoms with Crippen LogP contribution in [0.25, 0.3) is 0 Å². The number of nitrogens with zero attached hydrogens (tertiary/aromatic N) is 2. The molecule has 2 aromatic rings. The third-order valence-corrected chi connectivity index (χ3v) is 5.92. The van der Waals surface area contributed by atoms with Crippen LogP contribution < -0.4 is 15.4 Å². The zero-order chi connectivity index (χ0) is 22.1. The number of anilines is 1. The van der Waals surface area contributed by atoms with Gasteiger partial charge in [0.1, 0.15) is 5.75 Å². The van der Waals surface area contributed by atoms with Crippen molar-refractivity contribution in [1.29, 1.82) is 0 Å². The van der Waals surface area contributed by atoms with Crippen LogP contribution in [-0.2, 0) is 10.4 Å². The number of likely N-dealkylation sites (N-methyl/N-ethyl adjacent to an activating group) is 1. The minimum absolute atomic E-state index is 0.189. The Morgan fingerprint density at radius 2 is 1.93 bits per heavy atom. The highest BCUT2D eigenvalue weighted by molar-refractivity contribution is 6.32. The molecule has 1 aliphatic heterocycles. The van der Waals surface area contributed by atoms with Gasteiger partial charge in [-0.1, -0.05) is 43.6 Å². The molecule has 1 heterocycles. The van der Waals surface area contributed by atoms with Crippen LogP contribution in [0.3, 0.4) is 0 Å². The monoisotopic (exact) mass is 431 g/mol. The summed E-state index contributed by atoms with van der Waals surface area (Å²) in [7, 11) is 1.41. The molecule has 0 spiro atoms. The van der Waals surface area contributed by atoms with Gasteiger partial charge in [0.05, 0.1) is 18.4 Å². The predicted octanol–water partition coefficient (Wildman–Crippen LogP) is 2.37. The van der Waals surface area contributed by atoms with Crippen molar-refractivity contribution >= 4 is 29.1 Å². The van der Waals surface area contributed by atoms with Gasteiger partial charge in [-0.15, -0.1) is 0 Å². The van der Waals surface area contributed by atoms with Gasteiger partial charge in [-0.3, -0.25) is 9.59 Å². The number of halogens is 1. The van der Waals surface area contributed by atoms with Gasteiger partial charge in [0.25, 0.3) is 5.91 Å².